The summed E-state index contributed by atoms with van der Waals surface area (Å²) in [4.78, 5) is 22.4. The van der Waals surface area contributed by atoms with E-state index in [0.29, 0.717) is 27.7 Å². The van der Waals surface area contributed by atoms with Gasteiger partial charge in [-0.05, 0) is 52.0 Å². The Morgan fingerprint density at radius 2 is 1.76 bits per heavy atom. The molecule has 0 saturated heterocycles. The number of para-hydroxylation sites is 1. The van der Waals surface area contributed by atoms with Crippen molar-refractivity contribution in [2.45, 2.75) is 44.6 Å². The lowest BCUT2D eigenvalue weighted by Gasteiger charge is -2.15. The Balaban J connectivity index is 1.66. The van der Waals surface area contributed by atoms with E-state index >= 15 is 0 Å². The topological polar surface area (TPSA) is 60.9 Å². The van der Waals surface area contributed by atoms with Gasteiger partial charge in [0.1, 0.15) is 5.76 Å². The third kappa shape index (κ3) is 3.85. The molecule has 0 atom stereocenters. The van der Waals surface area contributed by atoms with Crippen molar-refractivity contribution in [3.63, 3.8) is 0 Å². The Labute approximate surface area is 173 Å². The highest BCUT2D eigenvalue weighted by atomic mass is 32.2. The first kappa shape index (κ1) is 19.5. The van der Waals surface area contributed by atoms with Crippen molar-refractivity contribution >= 4 is 22.7 Å². The lowest BCUT2D eigenvalue weighted by Crippen LogP contribution is -2.25. The minimum atomic E-state index is -0.00896. The average molecular weight is 406 g/mol. The van der Waals surface area contributed by atoms with E-state index in [1.54, 1.807) is 4.57 Å². The molecule has 2 heterocycles. The van der Waals surface area contributed by atoms with Gasteiger partial charge in [0.25, 0.3) is 5.56 Å². The van der Waals surface area contributed by atoms with Crippen LogP contribution in [0.15, 0.2) is 62.9 Å². The SMILES string of the molecule is Cc1ccc(-c2nc(CSc3nc4ccccc4c(=O)n3C(C)C)c(C)o2)cc1. The summed E-state index contributed by atoms with van der Waals surface area (Å²) in [5.74, 6) is 1.98. The van der Waals surface area contributed by atoms with Crippen LogP contribution in [-0.4, -0.2) is 14.5 Å². The van der Waals surface area contributed by atoms with Gasteiger partial charge in [0, 0.05) is 17.4 Å². The molecule has 0 aliphatic rings. The Hall–Kier alpha value is -2.86. The quantitative estimate of drug-likeness (QED) is 0.322. The molecule has 0 saturated carbocycles. The van der Waals surface area contributed by atoms with Crippen molar-refractivity contribution in [3.05, 3.63) is 75.9 Å². The number of rotatable bonds is 5. The van der Waals surface area contributed by atoms with Crippen LogP contribution in [0.25, 0.3) is 22.4 Å². The molecule has 0 aliphatic carbocycles. The zero-order valence-electron chi connectivity index (χ0n) is 17.0. The van der Waals surface area contributed by atoms with Gasteiger partial charge in [-0.15, -0.1) is 0 Å². The smallest absolute Gasteiger partial charge is 0.262 e. The van der Waals surface area contributed by atoms with Crippen molar-refractivity contribution in [2.75, 3.05) is 0 Å². The van der Waals surface area contributed by atoms with Gasteiger partial charge in [-0.3, -0.25) is 9.36 Å². The maximum atomic E-state index is 13.0. The Morgan fingerprint density at radius 1 is 1.03 bits per heavy atom. The lowest BCUT2D eigenvalue weighted by molar-refractivity contribution is 0.519. The van der Waals surface area contributed by atoms with E-state index in [-0.39, 0.29) is 11.6 Å². The van der Waals surface area contributed by atoms with E-state index in [0.717, 1.165) is 17.0 Å². The number of oxazole rings is 1. The summed E-state index contributed by atoms with van der Waals surface area (Å²) in [6.45, 7) is 7.97. The number of thioether (sulfide) groups is 1. The fourth-order valence-corrected chi connectivity index (χ4v) is 4.33. The zero-order valence-corrected chi connectivity index (χ0v) is 17.8. The second-order valence-corrected chi connectivity index (χ2v) is 8.30. The highest BCUT2D eigenvalue weighted by Gasteiger charge is 2.17. The molecule has 0 aliphatic heterocycles. The molecular weight excluding hydrogens is 382 g/mol. The van der Waals surface area contributed by atoms with Crippen LogP contribution in [-0.2, 0) is 5.75 Å². The van der Waals surface area contributed by atoms with Gasteiger partial charge < -0.3 is 4.42 Å². The Bertz CT molecular complexity index is 1220. The molecule has 0 unspecified atom stereocenters. The highest BCUT2D eigenvalue weighted by Crippen LogP contribution is 2.28. The van der Waals surface area contributed by atoms with Gasteiger partial charge in [0.2, 0.25) is 5.89 Å². The summed E-state index contributed by atoms with van der Waals surface area (Å²) in [6.07, 6.45) is 0. The van der Waals surface area contributed by atoms with Crippen LogP contribution in [0.2, 0.25) is 0 Å². The van der Waals surface area contributed by atoms with Crippen LogP contribution in [0.3, 0.4) is 0 Å². The van der Waals surface area contributed by atoms with Crippen molar-refractivity contribution in [1.29, 1.82) is 0 Å². The number of hydrogen-bond acceptors (Lipinski definition) is 5. The predicted octanol–water partition coefficient (Wildman–Crippen LogP) is 5.54. The largest absolute Gasteiger partial charge is 0.441 e. The van der Waals surface area contributed by atoms with Crippen molar-refractivity contribution < 1.29 is 4.42 Å². The highest BCUT2D eigenvalue weighted by molar-refractivity contribution is 7.98. The molecule has 5 nitrogen and oxygen atoms in total. The molecule has 0 N–H and O–H groups in total. The second kappa shape index (κ2) is 7.87. The van der Waals surface area contributed by atoms with Gasteiger partial charge in [-0.25, -0.2) is 9.97 Å². The van der Waals surface area contributed by atoms with E-state index in [2.05, 4.69) is 11.9 Å². The third-order valence-corrected chi connectivity index (χ3v) is 5.78. The summed E-state index contributed by atoms with van der Waals surface area (Å²) in [6, 6.07) is 15.6. The third-order valence-electron chi connectivity index (χ3n) is 4.82. The van der Waals surface area contributed by atoms with Crippen molar-refractivity contribution in [2.24, 2.45) is 0 Å². The minimum absolute atomic E-state index is 0.00896. The van der Waals surface area contributed by atoms with Crippen LogP contribution in [0.5, 0.6) is 0 Å². The van der Waals surface area contributed by atoms with E-state index < -0.39 is 0 Å². The van der Waals surface area contributed by atoms with E-state index in [4.69, 9.17) is 9.40 Å². The Morgan fingerprint density at radius 3 is 2.48 bits per heavy atom. The second-order valence-electron chi connectivity index (χ2n) is 7.36. The first-order valence-corrected chi connectivity index (χ1v) is 10.6. The molecule has 148 valence electrons. The van der Waals surface area contributed by atoms with Crippen molar-refractivity contribution in [3.8, 4) is 11.5 Å². The molecule has 0 radical (unpaired) electrons. The number of hydrogen-bond donors (Lipinski definition) is 0. The maximum Gasteiger partial charge on any atom is 0.262 e. The summed E-state index contributed by atoms with van der Waals surface area (Å²) >= 11 is 1.51. The van der Waals surface area contributed by atoms with Gasteiger partial charge >= 0.3 is 0 Å². The van der Waals surface area contributed by atoms with E-state index in [1.807, 2.05) is 69.3 Å². The van der Waals surface area contributed by atoms with Crippen LogP contribution in [0.4, 0.5) is 0 Å². The molecule has 0 fully saturated rings. The molecule has 0 bridgehead atoms. The van der Waals surface area contributed by atoms with Gasteiger partial charge in [-0.1, -0.05) is 41.6 Å². The van der Waals surface area contributed by atoms with Crippen LogP contribution in [0.1, 0.15) is 36.9 Å². The molecule has 0 amide bonds. The molecular formula is C23H23N3O2S. The number of benzene rings is 2. The first-order chi connectivity index (χ1) is 13.9. The van der Waals surface area contributed by atoms with Crippen LogP contribution in [0, 0.1) is 13.8 Å². The molecule has 6 heteroatoms. The number of nitrogens with zero attached hydrogens (tertiary/aromatic N) is 3. The number of aromatic nitrogens is 3. The normalized spacial score (nSPS) is 11.5. The standard InChI is InChI=1S/C23H23N3O2S/c1-14(2)26-22(27)18-7-5-6-8-19(18)25-23(26)29-13-20-16(4)28-21(24-20)17-11-9-15(3)10-12-17/h5-12,14H,13H2,1-4H3. The molecule has 29 heavy (non-hydrogen) atoms. The predicted molar refractivity (Wildman–Crippen MR) is 117 cm³/mol. The van der Waals surface area contributed by atoms with Crippen molar-refractivity contribution in [1.82, 2.24) is 14.5 Å². The van der Waals surface area contributed by atoms with Crippen LogP contribution >= 0.6 is 11.8 Å². The van der Waals surface area contributed by atoms with E-state index in [9.17, 15) is 4.79 Å². The average Bonchev–Trinajstić information content (AvgIpc) is 3.07. The summed E-state index contributed by atoms with van der Waals surface area (Å²) in [5, 5.41) is 1.34. The molecule has 0 spiro atoms. The maximum absolute atomic E-state index is 13.0. The molecule has 4 rings (SSSR count). The number of fused-ring (bicyclic) bond motifs is 1. The Kier molecular flexibility index (Phi) is 5.28. The van der Waals surface area contributed by atoms with Crippen LogP contribution < -0.4 is 5.56 Å². The summed E-state index contributed by atoms with van der Waals surface area (Å²) in [7, 11) is 0. The van der Waals surface area contributed by atoms with Gasteiger partial charge in [0.05, 0.1) is 16.6 Å². The fraction of sp³-hybridized carbons (Fsp3) is 0.261. The lowest BCUT2D eigenvalue weighted by atomic mass is 10.1. The van der Waals surface area contributed by atoms with E-state index in [1.165, 1.54) is 17.3 Å². The first-order valence-electron chi connectivity index (χ1n) is 9.61. The summed E-state index contributed by atoms with van der Waals surface area (Å²) in [5.41, 5.74) is 3.72. The molecule has 2 aromatic heterocycles. The zero-order chi connectivity index (χ0) is 20.5. The van der Waals surface area contributed by atoms with Gasteiger partial charge in [0.15, 0.2) is 5.16 Å². The molecule has 4 aromatic rings. The summed E-state index contributed by atoms with van der Waals surface area (Å²) < 4.78 is 7.64. The molecule has 2 aromatic carbocycles. The minimum Gasteiger partial charge on any atom is -0.441 e. The monoisotopic (exact) mass is 405 g/mol. The fourth-order valence-electron chi connectivity index (χ4n) is 3.20. The number of aryl methyl sites for hydroxylation is 2. The van der Waals surface area contributed by atoms with Gasteiger partial charge in [-0.2, -0.15) is 0 Å².